The molecule has 0 bridgehead atoms. The maximum atomic E-state index is 12.4. The lowest BCUT2D eigenvalue weighted by atomic mass is 10.1. The molecule has 0 fully saturated rings. The fourth-order valence-corrected chi connectivity index (χ4v) is 3.81. The minimum absolute atomic E-state index is 0.121. The van der Waals surface area contributed by atoms with E-state index in [0.29, 0.717) is 16.2 Å². The summed E-state index contributed by atoms with van der Waals surface area (Å²) in [5, 5.41) is 3.31. The van der Waals surface area contributed by atoms with Gasteiger partial charge in [-0.05, 0) is 37.1 Å². The summed E-state index contributed by atoms with van der Waals surface area (Å²) in [6.07, 6.45) is 0. The molecule has 2 aromatic carbocycles. The number of carbonyl (C=O) groups excluding carboxylic acids is 1. The number of aromatic nitrogens is 2. The molecule has 4 rings (SSSR count). The first-order chi connectivity index (χ1) is 12.0. The Balaban J connectivity index is 1.62. The van der Waals surface area contributed by atoms with Crippen LogP contribution in [0.5, 0.6) is 0 Å². The van der Waals surface area contributed by atoms with Crippen LogP contribution in [0.25, 0.3) is 21.3 Å². The van der Waals surface area contributed by atoms with Crippen molar-refractivity contribution in [2.45, 2.75) is 20.4 Å². The highest BCUT2D eigenvalue weighted by molar-refractivity contribution is 7.22. The average molecular weight is 353 g/mol. The first-order valence-corrected chi connectivity index (χ1v) is 8.59. The standard InChI is InChI=1S/C18H15N3O3S/c1-10-7-8-11(2)16-15(10)20-17(25-16)19-14(22)9-21-12-5-3-4-6-13(12)24-18(21)23/h3-8H,9H2,1-2H3,(H,19,20,22). The number of benzene rings is 2. The van der Waals surface area contributed by atoms with E-state index < -0.39 is 5.76 Å². The molecule has 0 atom stereocenters. The lowest BCUT2D eigenvalue weighted by Gasteiger charge is -2.02. The predicted molar refractivity (Wildman–Crippen MR) is 98.2 cm³/mol. The number of nitrogens with one attached hydrogen (secondary N) is 1. The van der Waals surface area contributed by atoms with E-state index in [4.69, 9.17) is 4.42 Å². The smallest absolute Gasteiger partial charge is 0.408 e. The van der Waals surface area contributed by atoms with Crippen LogP contribution in [0.4, 0.5) is 5.13 Å². The number of aryl methyl sites for hydroxylation is 2. The fraction of sp³-hybridized carbons (Fsp3) is 0.167. The molecular formula is C18H15N3O3S. The number of para-hydroxylation sites is 2. The van der Waals surface area contributed by atoms with Crippen LogP contribution in [0.2, 0.25) is 0 Å². The zero-order valence-electron chi connectivity index (χ0n) is 13.7. The van der Waals surface area contributed by atoms with Gasteiger partial charge in [0.05, 0.1) is 15.7 Å². The van der Waals surface area contributed by atoms with Crippen molar-refractivity contribution >= 4 is 43.7 Å². The van der Waals surface area contributed by atoms with E-state index in [9.17, 15) is 9.59 Å². The van der Waals surface area contributed by atoms with Crippen molar-refractivity contribution in [3.8, 4) is 0 Å². The lowest BCUT2D eigenvalue weighted by Crippen LogP contribution is -2.24. The third-order valence-electron chi connectivity index (χ3n) is 4.06. The molecule has 0 aliphatic carbocycles. The highest BCUT2D eigenvalue weighted by atomic mass is 32.1. The van der Waals surface area contributed by atoms with Gasteiger partial charge in [-0.25, -0.2) is 9.78 Å². The van der Waals surface area contributed by atoms with E-state index in [1.54, 1.807) is 24.3 Å². The number of hydrogen-bond donors (Lipinski definition) is 1. The quantitative estimate of drug-likeness (QED) is 0.612. The number of rotatable bonds is 3. The second-order valence-corrected chi connectivity index (χ2v) is 6.87. The van der Waals surface area contributed by atoms with Gasteiger partial charge in [-0.3, -0.25) is 9.36 Å². The van der Waals surface area contributed by atoms with Crippen molar-refractivity contribution in [2.24, 2.45) is 0 Å². The highest BCUT2D eigenvalue weighted by Gasteiger charge is 2.15. The van der Waals surface area contributed by atoms with Gasteiger partial charge in [0.15, 0.2) is 10.7 Å². The molecule has 2 heterocycles. The van der Waals surface area contributed by atoms with Crippen LogP contribution < -0.4 is 11.1 Å². The van der Waals surface area contributed by atoms with E-state index >= 15 is 0 Å². The van der Waals surface area contributed by atoms with E-state index in [1.165, 1.54) is 15.9 Å². The van der Waals surface area contributed by atoms with Gasteiger partial charge < -0.3 is 9.73 Å². The highest BCUT2D eigenvalue weighted by Crippen LogP contribution is 2.30. The minimum atomic E-state index is -0.549. The van der Waals surface area contributed by atoms with Crippen LogP contribution in [0.15, 0.2) is 45.6 Å². The molecule has 0 radical (unpaired) electrons. The Morgan fingerprint density at radius 2 is 1.96 bits per heavy atom. The molecule has 7 heteroatoms. The van der Waals surface area contributed by atoms with E-state index in [1.807, 2.05) is 26.0 Å². The second-order valence-electron chi connectivity index (χ2n) is 5.87. The molecule has 0 aliphatic heterocycles. The number of anilines is 1. The summed E-state index contributed by atoms with van der Waals surface area (Å²) in [4.78, 5) is 28.8. The van der Waals surface area contributed by atoms with Gasteiger partial charge in [0.1, 0.15) is 6.54 Å². The van der Waals surface area contributed by atoms with Gasteiger partial charge >= 0.3 is 5.76 Å². The molecule has 0 aliphatic rings. The molecular weight excluding hydrogens is 338 g/mol. The summed E-state index contributed by atoms with van der Waals surface area (Å²) in [6, 6.07) is 11.1. The molecule has 1 N–H and O–H groups in total. The summed E-state index contributed by atoms with van der Waals surface area (Å²) < 4.78 is 7.51. The molecule has 4 aromatic rings. The Labute approximate surface area is 146 Å². The summed E-state index contributed by atoms with van der Waals surface area (Å²) in [6.45, 7) is 3.89. The third kappa shape index (κ3) is 2.72. The Morgan fingerprint density at radius 3 is 2.76 bits per heavy atom. The van der Waals surface area contributed by atoms with Gasteiger partial charge in [0.25, 0.3) is 0 Å². The molecule has 2 aromatic heterocycles. The fourth-order valence-electron chi connectivity index (χ4n) is 2.78. The summed E-state index contributed by atoms with van der Waals surface area (Å²) in [5.74, 6) is -0.865. The second kappa shape index (κ2) is 5.86. The van der Waals surface area contributed by atoms with Gasteiger partial charge in [-0.2, -0.15) is 0 Å². The Bertz CT molecular complexity index is 1130. The first kappa shape index (κ1) is 15.6. The SMILES string of the molecule is Cc1ccc(C)c2sc(NC(=O)Cn3c(=O)oc4ccccc43)nc12. The zero-order chi connectivity index (χ0) is 17.6. The van der Waals surface area contributed by atoms with Gasteiger partial charge in [0.2, 0.25) is 5.91 Å². The van der Waals surface area contributed by atoms with Crippen molar-refractivity contribution < 1.29 is 9.21 Å². The summed E-state index contributed by atoms with van der Waals surface area (Å²) in [5.41, 5.74) is 4.14. The topological polar surface area (TPSA) is 77.1 Å². The molecule has 0 saturated carbocycles. The molecule has 25 heavy (non-hydrogen) atoms. The van der Waals surface area contributed by atoms with Gasteiger partial charge in [0, 0.05) is 0 Å². The Kier molecular flexibility index (Phi) is 3.65. The van der Waals surface area contributed by atoms with Crippen LogP contribution in [0, 0.1) is 13.8 Å². The number of nitrogens with zero attached hydrogens (tertiary/aromatic N) is 2. The molecule has 0 spiro atoms. The number of amides is 1. The largest absolute Gasteiger partial charge is 0.420 e. The van der Waals surface area contributed by atoms with Crippen molar-refractivity contribution in [1.29, 1.82) is 0 Å². The van der Waals surface area contributed by atoms with Crippen molar-refractivity contribution in [2.75, 3.05) is 5.32 Å². The van der Waals surface area contributed by atoms with E-state index in [2.05, 4.69) is 10.3 Å². The van der Waals surface area contributed by atoms with Crippen LogP contribution in [-0.4, -0.2) is 15.5 Å². The molecule has 6 nitrogen and oxygen atoms in total. The molecule has 0 saturated heterocycles. The summed E-state index contributed by atoms with van der Waals surface area (Å²) >= 11 is 1.43. The Hall–Kier alpha value is -2.93. The number of thiazole rings is 1. The van der Waals surface area contributed by atoms with Gasteiger partial charge in [-0.1, -0.05) is 35.6 Å². The average Bonchev–Trinajstić information content (AvgIpc) is 3.14. The van der Waals surface area contributed by atoms with E-state index in [0.717, 1.165) is 21.3 Å². The number of hydrogen-bond acceptors (Lipinski definition) is 5. The van der Waals surface area contributed by atoms with Crippen LogP contribution in [0.1, 0.15) is 11.1 Å². The van der Waals surface area contributed by atoms with Crippen molar-refractivity contribution in [3.63, 3.8) is 0 Å². The van der Waals surface area contributed by atoms with Crippen molar-refractivity contribution in [1.82, 2.24) is 9.55 Å². The maximum Gasteiger partial charge on any atom is 0.420 e. The zero-order valence-corrected chi connectivity index (χ0v) is 14.5. The summed E-state index contributed by atoms with van der Waals surface area (Å²) in [7, 11) is 0. The minimum Gasteiger partial charge on any atom is -0.408 e. The number of carbonyl (C=O) groups is 1. The first-order valence-electron chi connectivity index (χ1n) is 7.78. The normalized spacial score (nSPS) is 11.3. The van der Waals surface area contributed by atoms with Crippen molar-refractivity contribution in [3.05, 3.63) is 58.1 Å². The van der Waals surface area contributed by atoms with Gasteiger partial charge in [-0.15, -0.1) is 0 Å². The maximum absolute atomic E-state index is 12.4. The molecule has 126 valence electrons. The Morgan fingerprint density at radius 1 is 1.20 bits per heavy atom. The van der Waals surface area contributed by atoms with Crippen LogP contribution >= 0.6 is 11.3 Å². The lowest BCUT2D eigenvalue weighted by molar-refractivity contribution is -0.116. The van der Waals surface area contributed by atoms with Crippen LogP contribution in [0.3, 0.4) is 0 Å². The monoisotopic (exact) mass is 353 g/mol. The van der Waals surface area contributed by atoms with E-state index in [-0.39, 0.29) is 12.5 Å². The third-order valence-corrected chi connectivity index (χ3v) is 5.17. The predicted octanol–water partition coefficient (Wildman–Crippen LogP) is 3.46. The molecule has 1 amide bonds. The number of fused-ring (bicyclic) bond motifs is 2. The van der Waals surface area contributed by atoms with Crippen LogP contribution in [-0.2, 0) is 11.3 Å². The molecule has 0 unspecified atom stereocenters. The number of oxazole rings is 1.